The van der Waals surface area contributed by atoms with Gasteiger partial charge in [-0.2, -0.15) is 0 Å². The van der Waals surface area contributed by atoms with Gasteiger partial charge in [0.25, 0.3) is 0 Å². The number of fused-ring (bicyclic) bond motifs is 9. The van der Waals surface area contributed by atoms with Crippen molar-refractivity contribution in [3.63, 3.8) is 0 Å². The highest BCUT2D eigenvalue weighted by Crippen LogP contribution is 2.52. The first-order chi connectivity index (χ1) is 22.3. The van der Waals surface area contributed by atoms with Gasteiger partial charge in [-0.15, -0.1) is 0 Å². The highest BCUT2D eigenvalue weighted by atomic mass is 16.3. The van der Waals surface area contributed by atoms with Gasteiger partial charge >= 0.3 is 0 Å². The lowest BCUT2D eigenvalue weighted by atomic mass is 9.97. The van der Waals surface area contributed by atoms with E-state index in [1.165, 1.54) is 33.2 Å². The van der Waals surface area contributed by atoms with Crippen LogP contribution in [0.2, 0.25) is 0 Å². The van der Waals surface area contributed by atoms with Crippen LogP contribution in [0.25, 0.3) is 71.7 Å². The van der Waals surface area contributed by atoms with Crippen LogP contribution in [-0.4, -0.2) is 4.57 Å². The van der Waals surface area contributed by atoms with Crippen molar-refractivity contribution in [1.82, 2.24) is 4.57 Å². The van der Waals surface area contributed by atoms with Gasteiger partial charge in [0.15, 0.2) is 0 Å². The lowest BCUT2D eigenvalue weighted by Crippen LogP contribution is -2.18. The van der Waals surface area contributed by atoms with Crippen molar-refractivity contribution >= 4 is 60.8 Å². The minimum atomic E-state index is 0.917. The average Bonchev–Trinajstić information content (AvgIpc) is 3.66. The third-order valence-electron chi connectivity index (χ3n) is 9.27. The molecule has 2 aromatic heterocycles. The fraction of sp³-hybridized carbons (Fsp3) is 0. The number of hydrogen-bond donors (Lipinski definition) is 0. The van der Waals surface area contributed by atoms with Gasteiger partial charge in [0.1, 0.15) is 11.2 Å². The predicted molar refractivity (Wildman–Crippen MR) is 187 cm³/mol. The first-order valence-corrected chi connectivity index (χ1v) is 15.4. The summed E-state index contributed by atoms with van der Waals surface area (Å²) < 4.78 is 9.02. The standard InChI is InChI=1S/C42H26N2O/c1-3-12-27(13-4-1)29-24-30(28-14-5-2-6-15-28)26-31(25-29)43-35-18-8-9-19-36(35)44-37-23-22-33-32-16-7-10-21-39(32)45-42(33)40(37)34-17-11-20-38(43)41(34)44/h1-26H. The SMILES string of the molecule is c1ccc(-c2cc(-c3ccccc3)cc(N3c4ccccc4-n4c5ccc6c7ccccc7oc6c5c5cccc3c54)c2)cc1. The average molecular weight is 575 g/mol. The number of rotatable bonds is 3. The van der Waals surface area contributed by atoms with Crippen molar-refractivity contribution in [2.75, 3.05) is 4.90 Å². The molecular weight excluding hydrogens is 548 g/mol. The molecule has 10 rings (SSSR count). The van der Waals surface area contributed by atoms with E-state index in [4.69, 9.17) is 4.42 Å². The molecule has 3 nitrogen and oxygen atoms in total. The Kier molecular flexibility index (Phi) is 5.00. The van der Waals surface area contributed by atoms with Gasteiger partial charge in [0, 0.05) is 21.8 Å². The molecule has 0 atom stereocenters. The largest absolute Gasteiger partial charge is 0.455 e. The summed E-state index contributed by atoms with van der Waals surface area (Å²) in [5, 5.41) is 4.64. The number of anilines is 3. The van der Waals surface area contributed by atoms with Gasteiger partial charge in [0.2, 0.25) is 0 Å². The molecular formula is C42H26N2O. The summed E-state index contributed by atoms with van der Waals surface area (Å²) in [5.41, 5.74) is 13.5. The fourth-order valence-corrected chi connectivity index (χ4v) is 7.33. The number of para-hydroxylation sites is 4. The Morgan fingerprint density at radius 1 is 0.422 bits per heavy atom. The zero-order valence-corrected chi connectivity index (χ0v) is 24.3. The Hall–Kier alpha value is -6.06. The van der Waals surface area contributed by atoms with E-state index in [2.05, 4.69) is 161 Å². The lowest BCUT2D eigenvalue weighted by molar-refractivity contribution is 0.673. The van der Waals surface area contributed by atoms with Crippen LogP contribution in [0, 0.1) is 0 Å². The molecule has 0 radical (unpaired) electrons. The monoisotopic (exact) mass is 574 g/mol. The summed E-state index contributed by atoms with van der Waals surface area (Å²) in [6.45, 7) is 0. The van der Waals surface area contributed by atoms with Crippen LogP contribution in [0.3, 0.4) is 0 Å². The minimum absolute atomic E-state index is 0.917. The van der Waals surface area contributed by atoms with E-state index in [0.29, 0.717) is 0 Å². The van der Waals surface area contributed by atoms with Crippen LogP contribution in [-0.2, 0) is 0 Å². The van der Waals surface area contributed by atoms with E-state index in [0.717, 1.165) is 55.6 Å². The topological polar surface area (TPSA) is 21.3 Å². The molecule has 0 spiro atoms. The Morgan fingerprint density at radius 2 is 1.04 bits per heavy atom. The molecule has 7 aromatic carbocycles. The lowest BCUT2D eigenvalue weighted by Gasteiger charge is -2.33. The van der Waals surface area contributed by atoms with Crippen molar-refractivity contribution < 1.29 is 4.42 Å². The minimum Gasteiger partial charge on any atom is -0.455 e. The molecule has 0 amide bonds. The molecule has 45 heavy (non-hydrogen) atoms. The molecule has 0 saturated heterocycles. The molecule has 9 aromatic rings. The van der Waals surface area contributed by atoms with Crippen molar-refractivity contribution in [3.05, 3.63) is 158 Å². The number of aromatic nitrogens is 1. The Morgan fingerprint density at radius 3 is 1.80 bits per heavy atom. The number of nitrogens with zero attached hydrogens (tertiary/aromatic N) is 2. The molecule has 1 aliphatic heterocycles. The van der Waals surface area contributed by atoms with Crippen molar-refractivity contribution in [1.29, 1.82) is 0 Å². The van der Waals surface area contributed by atoms with Gasteiger partial charge in [-0.05, 0) is 76.9 Å². The molecule has 0 saturated carbocycles. The maximum absolute atomic E-state index is 6.59. The summed E-state index contributed by atoms with van der Waals surface area (Å²) in [6, 6.07) is 56.5. The molecule has 0 fully saturated rings. The second-order valence-electron chi connectivity index (χ2n) is 11.8. The fourth-order valence-electron chi connectivity index (χ4n) is 7.33. The molecule has 3 heteroatoms. The molecule has 0 unspecified atom stereocenters. The molecule has 210 valence electrons. The summed E-state index contributed by atoms with van der Waals surface area (Å²) in [5.74, 6) is 0. The highest BCUT2D eigenvalue weighted by molar-refractivity contribution is 6.26. The van der Waals surface area contributed by atoms with Crippen molar-refractivity contribution in [2.24, 2.45) is 0 Å². The van der Waals surface area contributed by atoms with E-state index in [9.17, 15) is 0 Å². The van der Waals surface area contributed by atoms with Gasteiger partial charge in [-0.3, -0.25) is 0 Å². The first-order valence-electron chi connectivity index (χ1n) is 15.4. The Bertz CT molecular complexity index is 2530. The van der Waals surface area contributed by atoms with E-state index in [1.807, 2.05) is 6.07 Å². The van der Waals surface area contributed by atoms with Crippen LogP contribution >= 0.6 is 0 Å². The van der Waals surface area contributed by atoms with E-state index in [-0.39, 0.29) is 0 Å². The Labute approximate surface area is 259 Å². The maximum Gasteiger partial charge on any atom is 0.145 e. The third-order valence-corrected chi connectivity index (χ3v) is 9.27. The predicted octanol–water partition coefficient (Wildman–Crippen LogP) is 11.8. The number of hydrogen-bond acceptors (Lipinski definition) is 2. The highest BCUT2D eigenvalue weighted by Gasteiger charge is 2.30. The van der Waals surface area contributed by atoms with Crippen LogP contribution in [0.15, 0.2) is 162 Å². The van der Waals surface area contributed by atoms with Crippen LogP contribution in [0.1, 0.15) is 0 Å². The van der Waals surface area contributed by atoms with Gasteiger partial charge < -0.3 is 13.9 Å². The van der Waals surface area contributed by atoms with E-state index in [1.54, 1.807) is 0 Å². The summed E-state index contributed by atoms with van der Waals surface area (Å²) in [7, 11) is 0. The zero-order valence-electron chi connectivity index (χ0n) is 24.3. The summed E-state index contributed by atoms with van der Waals surface area (Å²) >= 11 is 0. The van der Waals surface area contributed by atoms with E-state index < -0.39 is 0 Å². The Balaban J connectivity index is 1.31. The zero-order chi connectivity index (χ0) is 29.5. The van der Waals surface area contributed by atoms with Gasteiger partial charge in [-0.1, -0.05) is 103 Å². The summed E-state index contributed by atoms with van der Waals surface area (Å²) in [6.07, 6.45) is 0. The third kappa shape index (κ3) is 3.46. The van der Waals surface area contributed by atoms with Crippen LogP contribution < -0.4 is 4.90 Å². The molecule has 0 N–H and O–H groups in total. The molecule has 1 aliphatic rings. The van der Waals surface area contributed by atoms with Crippen LogP contribution in [0.5, 0.6) is 0 Å². The normalized spacial score (nSPS) is 12.4. The van der Waals surface area contributed by atoms with Crippen molar-refractivity contribution in [2.45, 2.75) is 0 Å². The quantitative estimate of drug-likeness (QED) is 0.209. The maximum atomic E-state index is 6.59. The van der Waals surface area contributed by atoms with Crippen molar-refractivity contribution in [3.8, 4) is 27.9 Å². The second-order valence-corrected chi connectivity index (χ2v) is 11.8. The molecule has 0 bridgehead atoms. The molecule has 0 aliphatic carbocycles. The molecule has 3 heterocycles. The second kappa shape index (κ2) is 9.22. The van der Waals surface area contributed by atoms with Gasteiger partial charge in [0.05, 0.1) is 33.5 Å². The van der Waals surface area contributed by atoms with Crippen LogP contribution in [0.4, 0.5) is 17.1 Å². The number of benzene rings is 7. The first kappa shape index (κ1) is 24.4. The smallest absolute Gasteiger partial charge is 0.145 e. The number of furan rings is 1. The summed E-state index contributed by atoms with van der Waals surface area (Å²) in [4.78, 5) is 2.44. The van der Waals surface area contributed by atoms with Gasteiger partial charge in [-0.25, -0.2) is 0 Å². The van der Waals surface area contributed by atoms with E-state index >= 15 is 0 Å².